The molecule has 6 nitrogen and oxygen atoms in total. The highest BCUT2D eigenvalue weighted by atomic mass is 79.9. The lowest BCUT2D eigenvalue weighted by Gasteiger charge is -2.31. The molecule has 1 heterocycles. The number of halogens is 1. The van der Waals surface area contributed by atoms with Crippen LogP contribution in [0.5, 0.6) is 5.75 Å². The highest BCUT2D eigenvalue weighted by Gasteiger charge is 2.53. The average Bonchev–Trinajstić information content (AvgIpc) is 3.41. The number of nitrogens with one attached hydrogen (secondary N) is 1. The van der Waals surface area contributed by atoms with E-state index in [1.54, 1.807) is 0 Å². The van der Waals surface area contributed by atoms with E-state index in [0.29, 0.717) is 37.6 Å². The number of aliphatic imine (C=N–C) groups is 1. The second kappa shape index (κ2) is 14.3. The summed E-state index contributed by atoms with van der Waals surface area (Å²) in [6, 6.07) is 35.6. The van der Waals surface area contributed by atoms with Gasteiger partial charge in [0.05, 0.1) is 6.61 Å². The first kappa shape index (κ1) is 29.5. The summed E-state index contributed by atoms with van der Waals surface area (Å²) in [4.78, 5) is 19.4. The Kier molecular flexibility index (Phi) is 10.1. The van der Waals surface area contributed by atoms with Crippen molar-refractivity contribution in [3.8, 4) is 5.75 Å². The lowest BCUT2D eigenvalue weighted by atomic mass is 9.82. The van der Waals surface area contributed by atoms with Crippen molar-refractivity contribution in [2.45, 2.75) is 37.3 Å². The molecule has 0 bridgehead atoms. The summed E-state index contributed by atoms with van der Waals surface area (Å²) >= 11 is 3.53. The molecule has 4 aromatic rings. The zero-order valence-corrected chi connectivity index (χ0v) is 25.0. The monoisotopic (exact) mass is 626 g/mol. The van der Waals surface area contributed by atoms with E-state index in [-0.39, 0.29) is 12.5 Å². The van der Waals surface area contributed by atoms with Crippen LogP contribution in [0, 0.1) is 0 Å². The summed E-state index contributed by atoms with van der Waals surface area (Å²) in [5, 5.41) is 12.2. The predicted octanol–water partition coefficient (Wildman–Crippen LogP) is 6.46. The molecule has 1 aliphatic rings. The number of rotatable bonds is 13. The Balaban J connectivity index is 1.46. The van der Waals surface area contributed by atoms with Crippen LogP contribution in [0.3, 0.4) is 0 Å². The Hall–Kier alpha value is -3.94. The quantitative estimate of drug-likeness (QED) is 0.167. The summed E-state index contributed by atoms with van der Waals surface area (Å²) in [5.74, 6) is 0.952. The van der Waals surface area contributed by atoms with Gasteiger partial charge in [0.25, 0.3) is 5.91 Å². The van der Waals surface area contributed by atoms with Crippen molar-refractivity contribution in [3.63, 3.8) is 0 Å². The average molecular weight is 628 g/mol. The number of aliphatic hydroxyl groups is 1. The summed E-state index contributed by atoms with van der Waals surface area (Å²) < 4.78 is 13.2. The Morgan fingerprint density at radius 3 is 2.21 bits per heavy atom. The molecule has 1 aliphatic heterocycles. The Morgan fingerprint density at radius 1 is 0.881 bits per heavy atom. The number of amides is 1. The summed E-state index contributed by atoms with van der Waals surface area (Å²) in [5.41, 5.74) is 2.66. The Labute approximate surface area is 255 Å². The smallest absolute Gasteiger partial charge is 0.252 e. The third-order valence-corrected chi connectivity index (χ3v) is 7.82. The number of nitrogens with zero attached hydrogens (tertiary/aromatic N) is 1. The number of carbonyl (C=O) groups excluding carboxylic acids is 1. The molecule has 0 aromatic heterocycles. The molecular weight excluding hydrogens is 592 g/mol. The van der Waals surface area contributed by atoms with Crippen molar-refractivity contribution in [2.75, 3.05) is 19.8 Å². The molecule has 42 heavy (non-hydrogen) atoms. The van der Waals surface area contributed by atoms with Crippen LogP contribution in [0.4, 0.5) is 0 Å². The van der Waals surface area contributed by atoms with Crippen LogP contribution in [0.15, 0.2) is 119 Å². The summed E-state index contributed by atoms with van der Waals surface area (Å²) in [7, 11) is 0. The predicted molar refractivity (Wildman–Crippen MR) is 169 cm³/mol. The van der Waals surface area contributed by atoms with Gasteiger partial charge in [0.2, 0.25) is 5.90 Å². The van der Waals surface area contributed by atoms with Crippen LogP contribution in [-0.4, -0.2) is 42.2 Å². The molecule has 5 rings (SSSR count). The highest BCUT2D eigenvalue weighted by molar-refractivity contribution is 9.10. The maximum Gasteiger partial charge on any atom is 0.252 e. The first-order valence-corrected chi connectivity index (χ1v) is 15.1. The molecule has 7 heteroatoms. The zero-order valence-electron chi connectivity index (χ0n) is 23.4. The number of aliphatic hydroxyl groups excluding tert-OH is 1. The molecule has 4 aromatic carbocycles. The largest absolute Gasteiger partial charge is 0.494 e. The summed E-state index contributed by atoms with van der Waals surface area (Å²) in [6.45, 7) is 1.05. The van der Waals surface area contributed by atoms with Crippen LogP contribution >= 0.6 is 15.9 Å². The van der Waals surface area contributed by atoms with Crippen LogP contribution in [0.2, 0.25) is 0 Å². The van der Waals surface area contributed by atoms with Crippen LogP contribution in [-0.2, 0) is 22.4 Å². The molecule has 0 radical (unpaired) electrons. The molecule has 0 aliphatic carbocycles. The zero-order chi connectivity index (χ0) is 29.2. The number of benzene rings is 4. The SMILES string of the molecule is O=C(NCCCc1ccccc1)[C@]1(Cc2ccccc2)N=C(c2ccc(OCCCO)cc2)O[C@@H]1c1ccc(Br)cc1. The van der Waals surface area contributed by atoms with Gasteiger partial charge in [0.15, 0.2) is 11.6 Å². The van der Waals surface area contributed by atoms with Crippen molar-refractivity contribution in [3.05, 3.63) is 136 Å². The first-order chi connectivity index (χ1) is 20.6. The van der Waals surface area contributed by atoms with Gasteiger partial charge in [0.1, 0.15) is 5.75 Å². The number of hydrogen-bond donors (Lipinski definition) is 2. The molecule has 2 N–H and O–H groups in total. The fourth-order valence-electron chi connectivity index (χ4n) is 5.12. The van der Waals surface area contributed by atoms with E-state index >= 15 is 0 Å². The normalized spacial score (nSPS) is 17.8. The van der Waals surface area contributed by atoms with Gasteiger partial charge in [-0.2, -0.15) is 0 Å². The van der Waals surface area contributed by atoms with Gasteiger partial charge in [-0.3, -0.25) is 4.79 Å². The molecular formula is C35H35BrN2O4. The maximum absolute atomic E-state index is 14.3. The molecule has 0 spiro atoms. The molecule has 0 saturated heterocycles. The fourth-order valence-corrected chi connectivity index (χ4v) is 5.38. The van der Waals surface area contributed by atoms with Gasteiger partial charge < -0.3 is 19.9 Å². The van der Waals surface area contributed by atoms with E-state index in [2.05, 4.69) is 33.4 Å². The molecule has 0 unspecified atom stereocenters. The number of ether oxygens (including phenoxy) is 2. The molecule has 1 amide bonds. The van der Waals surface area contributed by atoms with Gasteiger partial charge in [-0.15, -0.1) is 0 Å². The third kappa shape index (κ3) is 7.27. The second-order valence-electron chi connectivity index (χ2n) is 10.3. The van der Waals surface area contributed by atoms with Crippen molar-refractivity contribution in [1.29, 1.82) is 0 Å². The second-order valence-corrected chi connectivity index (χ2v) is 11.3. The highest BCUT2D eigenvalue weighted by Crippen LogP contribution is 2.42. The van der Waals surface area contributed by atoms with Gasteiger partial charge in [-0.25, -0.2) is 4.99 Å². The van der Waals surface area contributed by atoms with Crippen LogP contribution in [0.25, 0.3) is 0 Å². The molecule has 0 fully saturated rings. The van der Waals surface area contributed by atoms with E-state index < -0.39 is 11.6 Å². The number of carbonyl (C=O) groups is 1. The van der Waals surface area contributed by atoms with Crippen molar-refractivity contribution < 1.29 is 19.4 Å². The van der Waals surface area contributed by atoms with Gasteiger partial charge >= 0.3 is 0 Å². The molecule has 2 atom stereocenters. The van der Waals surface area contributed by atoms with Gasteiger partial charge in [0, 0.05) is 36.0 Å². The molecule has 216 valence electrons. The third-order valence-electron chi connectivity index (χ3n) is 7.29. The summed E-state index contributed by atoms with van der Waals surface area (Å²) in [6.07, 6.45) is 2.01. The van der Waals surface area contributed by atoms with Crippen molar-refractivity contribution in [2.24, 2.45) is 4.99 Å². The number of hydrogen-bond acceptors (Lipinski definition) is 5. The van der Waals surface area contributed by atoms with E-state index in [1.165, 1.54) is 5.56 Å². The van der Waals surface area contributed by atoms with E-state index in [4.69, 9.17) is 19.6 Å². The maximum atomic E-state index is 14.3. The minimum atomic E-state index is -1.21. The van der Waals surface area contributed by atoms with Crippen LogP contribution < -0.4 is 10.1 Å². The van der Waals surface area contributed by atoms with Crippen molar-refractivity contribution >= 4 is 27.7 Å². The van der Waals surface area contributed by atoms with E-state index in [1.807, 2.05) is 97.1 Å². The lowest BCUT2D eigenvalue weighted by molar-refractivity contribution is -0.128. The molecule has 0 saturated carbocycles. The topological polar surface area (TPSA) is 80.2 Å². The Bertz CT molecular complexity index is 1460. The van der Waals surface area contributed by atoms with Crippen LogP contribution in [0.1, 0.15) is 41.2 Å². The first-order valence-electron chi connectivity index (χ1n) is 14.3. The fraction of sp³-hybridized carbons (Fsp3) is 0.257. The van der Waals surface area contributed by atoms with Gasteiger partial charge in [-0.1, -0.05) is 88.7 Å². The standard InChI is InChI=1S/C35H35BrN2O4/c36-30-18-14-28(15-19-30)32-35(25-27-11-5-2-6-12-27,34(40)37-22-7-13-26-9-3-1-4-10-26)38-33(42-32)29-16-20-31(21-17-29)41-24-8-23-39/h1-6,9-12,14-21,32,39H,7-8,13,22-25H2,(H,37,40)/t32-,35-/m1/s1. The van der Waals surface area contributed by atoms with Gasteiger partial charge in [-0.05, 0) is 65.9 Å². The minimum Gasteiger partial charge on any atom is -0.494 e. The Morgan fingerprint density at radius 2 is 1.55 bits per heavy atom. The lowest BCUT2D eigenvalue weighted by Crippen LogP contribution is -2.50. The van der Waals surface area contributed by atoms with E-state index in [9.17, 15) is 4.79 Å². The number of aryl methyl sites for hydroxylation is 1. The minimum absolute atomic E-state index is 0.0813. The van der Waals surface area contributed by atoms with Crippen molar-refractivity contribution in [1.82, 2.24) is 5.32 Å². The van der Waals surface area contributed by atoms with E-state index in [0.717, 1.165) is 34.0 Å².